The number of imidazole rings is 2. The van der Waals surface area contributed by atoms with E-state index in [-0.39, 0.29) is 28.1 Å². The molecule has 2 fully saturated rings. The number of nitrogens with two attached hydrogens (primary N) is 1. The highest BCUT2D eigenvalue weighted by Gasteiger charge is 2.53. The van der Waals surface area contributed by atoms with Gasteiger partial charge in [-0.15, -0.1) is 9.42 Å². The summed E-state index contributed by atoms with van der Waals surface area (Å²) in [5, 5.41) is 31.3. The SMILES string of the molecule is Nc1ncnc2c1ncn2[C@@H]1O[C@H](COP(=O)(O)O[C@@H]2[C@H](O)[C@@H](CO)O[C@H]2n2cnc3c(=O)[nH]c(=O)[nH]c32)[C@@H](O[P+](=O)O)[C@H]1O. The fourth-order valence-electron chi connectivity index (χ4n) is 5.08. The van der Waals surface area contributed by atoms with Gasteiger partial charge in [0, 0.05) is 4.57 Å². The highest BCUT2D eigenvalue weighted by molar-refractivity contribution is 7.47. The van der Waals surface area contributed by atoms with Crippen LogP contribution in [-0.2, 0) is 32.2 Å². The second kappa shape index (κ2) is 12.0. The van der Waals surface area contributed by atoms with Crippen LogP contribution in [0, 0.1) is 0 Å². The first-order valence-electron chi connectivity index (χ1n) is 12.8. The van der Waals surface area contributed by atoms with Gasteiger partial charge < -0.3 is 35.4 Å². The monoisotopic (exact) mass is 676 g/mol. The summed E-state index contributed by atoms with van der Waals surface area (Å²) >= 11 is 0. The molecule has 2 aliphatic heterocycles. The summed E-state index contributed by atoms with van der Waals surface area (Å²) in [5.74, 6) is 0.0254. The number of rotatable bonds is 10. The molecule has 10 atom stereocenters. The van der Waals surface area contributed by atoms with Crippen molar-refractivity contribution in [3.8, 4) is 0 Å². The zero-order chi connectivity index (χ0) is 32.2. The van der Waals surface area contributed by atoms with Gasteiger partial charge in [-0.1, -0.05) is 0 Å². The molecule has 0 bridgehead atoms. The van der Waals surface area contributed by atoms with E-state index in [1.54, 1.807) is 0 Å². The first-order chi connectivity index (χ1) is 21.4. The number of nitrogen functional groups attached to an aromatic ring is 1. The lowest BCUT2D eigenvalue weighted by atomic mass is 10.1. The average Bonchev–Trinajstić information content (AvgIpc) is 3.73. The van der Waals surface area contributed by atoms with Crippen molar-refractivity contribution in [2.45, 2.75) is 49.1 Å². The Hall–Kier alpha value is -3.57. The number of aliphatic hydroxyl groups is 3. The smallest absolute Gasteiger partial charge is 0.394 e. The van der Waals surface area contributed by atoms with Gasteiger partial charge in [0.15, 0.2) is 35.5 Å². The molecule has 0 aliphatic carbocycles. The molecular weight excluding hydrogens is 652 g/mol. The van der Waals surface area contributed by atoms with Crippen LogP contribution in [-0.4, -0.2) is 114 Å². The van der Waals surface area contributed by atoms with E-state index in [1.165, 1.54) is 10.9 Å². The molecule has 23 nitrogen and oxygen atoms in total. The fraction of sp³-hybridized carbons (Fsp3) is 0.500. The Balaban J connectivity index is 1.23. The van der Waals surface area contributed by atoms with Crippen LogP contribution in [0.1, 0.15) is 12.5 Å². The van der Waals surface area contributed by atoms with Gasteiger partial charge in [0.1, 0.15) is 48.0 Å². The summed E-state index contributed by atoms with van der Waals surface area (Å²) in [6.07, 6.45) is -9.01. The maximum absolute atomic E-state index is 13.1. The molecule has 4 aromatic rings. The number of hydrogen-bond acceptors (Lipinski definition) is 17. The second-order valence-corrected chi connectivity index (χ2v) is 11.9. The number of aromatic nitrogens is 8. The number of nitrogens with one attached hydrogen (secondary N) is 2. The Morgan fingerprint density at radius 2 is 1.71 bits per heavy atom. The lowest BCUT2D eigenvalue weighted by molar-refractivity contribution is -0.0609. The molecular formula is C20H24N9O14P2+. The molecule has 25 heteroatoms. The predicted molar refractivity (Wildman–Crippen MR) is 143 cm³/mol. The highest BCUT2D eigenvalue weighted by atomic mass is 31.2. The Morgan fingerprint density at radius 3 is 2.44 bits per heavy atom. The summed E-state index contributed by atoms with van der Waals surface area (Å²) in [4.78, 5) is 64.1. The maximum atomic E-state index is 13.1. The Kier molecular flexibility index (Phi) is 8.36. The molecule has 6 heterocycles. The number of nitrogens with zero attached hydrogens (tertiary/aromatic N) is 6. The zero-order valence-corrected chi connectivity index (χ0v) is 24.1. The van der Waals surface area contributed by atoms with Gasteiger partial charge in [0.05, 0.1) is 25.9 Å². The first kappa shape index (κ1) is 31.4. The van der Waals surface area contributed by atoms with E-state index < -0.39 is 89.6 Å². The lowest BCUT2D eigenvalue weighted by Crippen LogP contribution is -2.36. The average molecular weight is 676 g/mol. The van der Waals surface area contributed by atoms with Crippen molar-refractivity contribution in [3.63, 3.8) is 0 Å². The summed E-state index contributed by atoms with van der Waals surface area (Å²) in [6, 6.07) is 0. The molecule has 0 saturated carbocycles. The molecule has 242 valence electrons. The van der Waals surface area contributed by atoms with E-state index in [2.05, 4.69) is 24.9 Å². The van der Waals surface area contributed by atoms with Crippen LogP contribution in [0.15, 0.2) is 28.6 Å². The van der Waals surface area contributed by atoms with Crippen molar-refractivity contribution in [1.29, 1.82) is 0 Å². The molecule has 2 aliphatic rings. The van der Waals surface area contributed by atoms with Crippen LogP contribution in [0.25, 0.3) is 22.3 Å². The predicted octanol–water partition coefficient (Wildman–Crippen LogP) is -3.12. The van der Waals surface area contributed by atoms with Crippen LogP contribution in [0.3, 0.4) is 0 Å². The molecule has 9 N–H and O–H groups in total. The van der Waals surface area contributed by atoms with Gasteiger partial charge in [-0.25, -0.2) is 29.3 Å². The van der Waals surface area contributed by atoms with E-state index in [0.717, 1.165) is 17.2 Å². The van der Waals surface area contributed by atoms with Crippen LogP contribution in [0.5, 0.6) is 0 Å². The number of fused-ring (bicyclic) bond motifs is 2. The Labute approximate surface area is 248 Å². The Bertz CT molecular complexity index is 1910. The number of aliphatic hydroxyl groups excluding tert-OH is 3. The third-order valence-corrected chi connectivity index (χ3v) is 8.48. The minimum Gasteiger partial charge on any atom is -0.394 e. The number of phosphoric ester groups is 1. The summed E-state index contributed by atoms with van der Waals surface area (Å²) < 4.78 is 53.5. The molecule has 45 heavy (non-hydrogen) atoms. The van der Waals surface area contributed by atoms with Crippen LogP contribution in [0.4, 0.5) is 5.82 Å². The minimum atomic E-state index is -5.20. The molecule has 4 aromatic heterocycles. The number of hydrogen-bond donors (Lipinski definition) is 8. The van der Waals surface area contributed by atoms with E-state index >= 15 is 0 Å². The molecule has 0 aromatic carbocycles. The van der Waals surface area contributed by atoms with Crippen molar-refractivity contribution in [1.82, 2.24) is 39.0 Å². The van der Waals surface area contributed by atoms with Crippen molar-refractivity contribution >= 4 is 44.2 Å². The molecule has 0 spiro atoms. The summed E-state index contributed by atoms with van der Waals surface area (Å²) in [6.45, 7) is -1.63. The molecule has 6 rings (SSSR count). The van der Waals surface area contributed by atoms with Gasteiger partial charge in [0.25, 0.3) is 5.56 Å². The Morgan fingerprint density at radius 1 is 1.00 bits per heavy atom. The number of ether oxygens (including phenoxy) is 2. The van der Waals surface area contributed by atoms with Gasteiger partial charge >= 0.3 is 21.8 Å². The van der Waals surface area contributed by atoms with Crippen LogP contribution in [0.2, 0.25) is 0 Å². The fourth-order valence-corrected chi connectivity index (χ4v) is 6.48. The van der Waals surface area contributed by atoms with Crippen molar-refractivity contribution in [2.75, 3.05) is 18.9 Å². The number of H-pyrrole nitrogens is 2. The highest BCUT2D eigenvalue weighted by Crippen LogP contribution is 2.50. The second-order valence-electron chi connectivity index (χ2n) is 9.78. The normalized spacial score (nSPS) is 30.3. The zero-order valence-electron chi connectivity index (χ0n) is 22.3. The molecule has 2 unspecified atom stereocenters. The quantitative estimate of drug-likeness (QED) is 0.0770. The van der Waals surface area contributed by atoms with E-state index in [9.17, 15) is 43.8 Å². The molecule has 0 amide bonds. The topological polar surface area (TPSA) is 335 Å². The minimum absolute atomic E-state index is 0.0254. The molecule has 2 saturated heterocycles. The standard InChI is InChI=1S/C20H23N9O14P2/c21-14-8-15(23-3-22-14)28(4-24-8)18-11(32)12(42-44(35)36)7(41-18)2-39-45(37,38)43-13-10(31)6(1-30)40-19(13)29-5-25-9-16(29)26-20(34)27-17(9)33/h3-7,10-13,18-19,30-32H,1-2H2,(H5-,21,22,23,26,27,33,34,35,36,37,38)/p+1/t6-,7-,10-,11-,12-,13-,18-,19-/m1/s1. The van der Waals surface area contributed by atoms with E-state index in [0.29, 0.717) is 0 Å². The van der Waals surface area contributed by atoms with Gasteiger partial charge in [-0.3, -0.25) is 32.9 Å². The number of aromatic amines is 2. The van der Waals surface area contributed by atoms with Crippen molar-refractivity contribution in [2.24, 2.45) is 0 Å². The van der Waals surface area contributed by atoms with Gasteiger partial charge in [0.2, 0.25) is 0 Å². The lowest BCUT2D eigenvalue weighted by Gasteiger charge is -2.24. The van der Waals surface area contributed by atoms with E-state index in [4.69, 9.17) is 28.8 Å². The van der Waals surface area contributed by atoms with Crippen molar-refractivity contribution in [3.05, 3.63) is 39.8 Å². The summed E-state index contributed by atoms with van der Waals surface area (Å²) in [7, 11) is -8.50. The first-order valence-corrected chi connectivity index (χ1v) is 15.4. The maximum Gasteiger partial charge on any atom is 0.695 e. The number of phosphoric acid groups is 1. The molecule has 0 radical (unpaired) electrons. The van der Waals surface area contributed by atoms with Crippen LogP contribution < -0.4 is 17.0 Å². The summed E-state index contributed by atoms with van der Waals surface area (Å²) in [5.41, 5.74) is 3.92. The van der Waals surface area contributed by atoms with Gasteiger partial charge in [-0.05, 0) is 0 Å². The van der Waals surface area contributed by atoms with E-state index in [1.807, 2.05) is 4.98 Å². The third kappa shape index (κ3) is 5.80. The van der Waals surface area contributed by atoms with Gasteiger partial charge in [-0.2, -0.15) is 0 Å². The van der Waals surface area contributed by atoms with Crippen LogP contribution >= 0.6 is 16.1 Å². The third-order valence-electron chi connectivity index (χ3n) is 7.07. The van der Waals surface area contributed by atoms with Crippen molar-refractivity contribution < 1.29 is 57.3 Å². The largest absolute Gasteiger partial charge is 0.695 e. The number of anilines is 1.